The molecule has 0 aromatic heterocycles. The molecule has 6 fully saturated rings. The van der Waals surface area contributed by atoms with Crippen LogP contribution in [0, 0.1) is 0 Å². The van der Waals surface area contributed by atoms with Crippen molar-refractivity contribution < 1.29 is 84.6 Å². The van der Waals surface area contributed by atoms with E-state index in [0.29, 0.717) is 79.4 Å². The van der Waals surface area contributed by atoms with Gasteiger partial charge in [-0.2, -0.15) is 0 Å². The molecule has 0 spiro atoms. The fourth-order valence-corrected chi connectivity index (χ4v) is 12.4. The van der Waals surface area contributed by atoms with Gasteiger partial charge in [-0.05, 0) is 95.5 Å². The average molecular weight is 1360 g/mol. The van der Waals surface area contributed by atoms with Gasteiger partial charge < -0.3 is 48.4 Å². The maximum Gasteiger partial charge on any atom is 0.255 e. The first kappa shape index (κ1) is 53.4. The summed E-state index contributed by atoms with van der Waals surface area (Å²) in [5, 5.41) is 6.60. The van der Waals surface area contributed by atoms with Crippen molar-refractivity contribution >= 4 is 47.3 Å². The molecule has 9 aliphatic rings. The van der Waals surface area contributed by atoms with Gasteiger partial charge in [-0.1, -0.05) is 97.6 Å². The Hall–Kier alpha value is -9.62. The predicted octanol–water partition coefficient (Wildman–Crippen LogP) is 6.56. The number of carbonyl (C=O) groups excluding carboxylic acids is 8. The molecule has 1 unspecified atom stereocenters. The number of hydrogen-bond acceptors (Lipinski definition) is 17. The molecule has 9 aliphatic heterocycles. The Morgan fingerprint density at radius 1 is 0.414 bits per heavy atom. The quantitative estimate of drug-likeness (QED) is 0.0771. The molecule has 3 atom stereocenters. The van der Waals surface area contributed by atoms with Gasteiger partial charge in [0.15, 0.2) is 0 Å². The minimum atomic E-state index is -2.68. The molecule has 0 bridgehead atoms. The second-order valence-electron chi connectivity index (χ2n) is 24.6. The number of benzene rings is 6. The SMILES string of the molecule is [2H]C([2H])(Oc1cccc2c1C([2H])([2H])N(C1([2H])CCC(=O)NC1=O)C2=O)c1ccc(CN2CCOCC2)cc1.[2H]C([2H])(Oc1cccc2c1C([2H])([2H])N([C@@]1([2H])CCC(=C)NC1=O)C2=O)c1ccc(CN2CCOCC2)cc1.[2H]C([2H])(Oc1cccc2c1CN([C@@]1([2H])CCC(=O)NC1=O)C2=O)c1ccc(CN2CCOCC2)cc1. The Labute approximate surface area is 593 Å². The minimum Gasteiger partial charge on any atom is -0.489 e. The van der Waals surface area contributed by atoms with Crippen molar-refractivity contribution in [2.45, 2.75) is 115 Å². The normalized spacial score (nSPS) is 26.8. The van der Waals surface area contributed by atoms with Gasteiger partial charge in [0.25, 0.3) is 17.7 Å². The molecular weight excluding hydrogens is 1260 g/mol. The number of hydrogen-bond donors (Lipinski definition) is 3. The maximum atomic E-state index is 13.3. The van der Waals surface area contributed by atoms with E-state index >= 15 is 0 Å². The highest BCUT2D eigenvalue weighted by molar-refractivity contribution is 6.07. The van der Waals surface area contributed by atoms with Gasteiger partial charge >= 0.3 is 0 Å². The molecule has 3 N–H and O–H groups in total. The number of piperidine rings is 3. The topological polar surface area (TPSA) is 247 Å². The molecule has 0 aliphatic carbocycles. The fourth-order valence-electron chi connectivity index (χ4n) is 12.4. The molecule has 15 rings (SSSR count). The first-order valence-corrected chi connectivity index (χ1v) is 32.9. The van der Waals surface area contributed by atoms with E-state index in [0.717, 1.165) is 67.4 Å². The molecule has 6 aromatic rings. The minimum absolute atomic E-state index is 0.0389. The Morgan fingerprint density at radius 3 is 1.09 bits per heavy atom. The lowest BCUT2D eigenvalue weighted by molar-refractivity contribution is -0.138. The van der Waals surface area contributed by atoms with Gasteiger partial charge in [0, 0.05) is 111 Å². The number of amides is 8. The van der Waals surface area contributed by atoms with Crippen LogP contribution in [0.1, 0.15) is 137 Å². The van der Waals surface area contributed by atoms with E-state index in [9.17, 15) is 38.4 Å². The van der Waals surface area contributed by atoms with Crippen LogP contribution in [0.25, 0.3) is 0 Å². The molecule has 516 valence electrons. The molecule has 23 heteroatoms. The summed E-state index contributed by atoms with van der Waals surface area (Å²) in [4.78, 5) is 110. The largest absolute Gasteiger partial charge is 0.489 e. The van der Waals surface area contributed by atoms with Crippen molar-refractivity contribution in [1.29, 1.82) is 0 Å². The van der Waals surface area contributed by atoms with Crippen LogP contribution in [-0.2, 0) is 97.0 Å². The van der Waals surface area contributed by atoms with Crippen LogP contribution in [0.3, 0.4) is 0 Å². The maximum absolute atomic E-state index is 13.3. The van der Waals surface area contributed by atoms with Crippen molar-refractivity contribution in [3.05, 3.63) is 206 Å². The summed E-state index contributed by atoms with van der Waals surface area (Å²) in [6.07, 6.45) is -0.638. The summed E-state index contributed by atoms with van der Waals surface area (Å²) in [6.45, 7) is 2.73. The number of rotatable bonds is 18. The average Bonchev–Trinajstić information content (AvgIpc) is 1.56. The van der Waals surface area contributed by atoms with Crippen LogP contribution in [0.15, 0.2) is 140 Å². The number of nitrogens with zero attached hydrogens (tertiary/aromatic N) is 6. The van der Waals surface area contributed by atoms with Gasteiger partial charge in [-0.3, -0.25) is 63.7 Å². The highest BCUT2D eigenvalue weighted by atomic mass is 16.5. The van der Waals surface area contributed by atoms with E-state index in [-0.39, 0.29) is 101 Å². The summed E-state index contributed by atoms with van der Waals surface area (Å²) in [6, 6.07) is 27.4. The van der Waals surface area contributed by atoms with Crippen LogP contribution in [-0.4, -0.2) is 174 Å². The van der Waals surface area contributed by atoms with Crippen LogP contribution in [0.2, 0.25) is 0 Å². The summed E-state index contributed by atoms with van der Waals surface area (Å²) in [5.74, 6) is -6.33. The molecule has 99 heavy (non-hydrogen) atoms. The third-order valence-electron chi connectivity index (χ3n) is 17.8. The number of allylic oxidation sites excluding steroid dienone is 1. The third-order valence-corrected chi connectivity index (χ3v) is 17.8. The molecule has 6 aromatic carbocycles. The lowest BCUT2D eigenvalue weighted by Crippen LogP contribution is -2.52. The zero-order valence-corrected chi connectivity index (χ0v) is 54.3. The number of ether oxygens (including phenoxy) is 6. The number of carbonyl (C=O) groups is 8. The molecule has 6 saturated heterocycles. The number of nitrogens with one attached hydrogen (secondary N) is 3. The zero-order chi connectivity index (χ0) is 80.1. The number of fused-ring (bicyclic) bond motifs is 3. The number of morpholine rings is 3. The smallest absolute Gasteiger partial charge is 0.255 e. The summed E-state index contributed by atoms with van der Waals surface area (Å²) >= 11 is 0. The van der Waals surface area contributed by atoms with Crippen LogP contribution >= 0.6 is 0 Å². The van der Waals surface area contributed by atoms with E-state index in [1.54, 1.807) is 66.7 Å². The zero-order valence-electron chi connectivity index (χ0n) is 67.3. The van der Waals surface area contributed by atoms with Gasteiger partial charge in [0.2, 0.25) is 29.5 Å². The highest BCUT2D eigenvalue weighted by Crippen LogP contribution is 2.38. The van der Waals surface area contributed by atoms with E-state index in [2.05, 4.69) is 31.9 Å². The Kier molecular flexibility index (Phi) is 17.0. The molecular formula is C76H83N9O14. The second-order valence-corrected chi connectivity index (χ2v) is 24.6. The Morgan fingerprint density at radius 2 is 0.727 bits per heavy atom. The highest BCUT2D eigenvalue weighted by Gasteiger charge is 2.43. The Balaban J connectivity index is 0.000000147. The molecule has 23 nitrogen and oxygen atoms in total. The number of imide groups is 2. The van der Waals surface area contributed by atoms with Crippen molar-refractivity contribution in [2.75, 3.05) is 78.9 Å². The second kappa shape index (κ2) is 31.5. The fraction of sp³-hybridized carbons (Fsp3) is 0.395. The standard InChI is InChI=1S/C26H29N3O4.2C25H27N3O5/c1-18-5-10-23(25(30)27-18)29-16-22-21(26(29)31)3-2-4-24(22)33-17-20-8-6-19(7-9-20)15-28-11-13-32-14-12-28;2*29-23-9-8-21(24(30)26-23)28-15-20-19(25(28)31)2-1-3-22(20)33-16-18-6-4-17(5-7-18)14-27-10-12-32-13-11-27/h2-4,6-9,23H,1,5,10-17H2,(H,27,30);2*1-7,21H,8-16H2,(H,26,29,30)/t23-;21-;/m00./s1/i16D2,17D2,23D;16D2,21D;15D2,16D2,21D. The van der Waals surface area contributed by atoms with E-state index in [4.69, 9.17) is 46.2 Å². The first-order valence-electron chi connectivity index (χ1n) is 39.4. The van der Waals surface area contributed by atoms with Crippen molar-refractivity contribution in [3.63, 3.8) is 0 Å². The summed E-state index contributed by atoms with van der Waals surface area (Å²) in [7, 11) is 0. The molecule has 9 heterocycles. The lowest BCUT2D eigenvalue weighted by Gasteiger charge is -2.31. The van der Waals surface area contributed by atoms with Crippen molar-refractivity contribution in [3.8, 4) is 17.2 Å². The summed E-state index contributed by atoms with van der Waals surface area (Å²) < 4.78 is 146. The van der Waals surface area contributed by atoms with E-state index < -0.39 is 98.0 Å². The van der Waals surface area contributed by atoms with Gasteiger partial charge in [-0.15, -0.1) is 0 Å². The van der Waals surface area contributed by atoms with Gasteiger partial charge in [0.1, 0.15) is 55.0 Å². The molecule has 0 saturated carbocycles. The van der Waals surface area contributed by atoms with Crippen LogP contribution < -0.4 is 30.2 Å². The van der Waals surface area contributed by atoms with Gasteiger partial charge in [-0.25, -0.2) is 0 Å². The van der Waals surface area contributed by atoms with Crippen LogP contribution in [0.5, 0.6) is 17.2 Å². The first-order chi connectivity index (χ1) is 53.0. The molecule has 8 amide bonds. The lowest BCUT2D eigenvalue weighted by atomic mass is 10.0. The Bertz CT molecular complexity index is 4490. The molecule has 0 radical (unpaired) electrons. The van der Waals surface area contributed by atoms with E-state index in [1.807, 2.05) is 29.6 Å². The third kappa shape index (κ3) is 16.4. The van der Waals surface area contributed by atoms with Crippen LogP contribution in [0.4, 0.5) is 0 Å². The van der Waals surface area contributed by atoms with Crippen molar-refractivity contribution in [2.24, 2.45) is 0 Å². The van der Waals surface area contributed by atoms with E-state index in [1.165, 1.54) is 36.4 Å². The monoisotopic (exact) mass is 1360 g/mol. The predicted molar refractivity (Wildman–Crippen MR) is 362 cm³/mol. The van der Waals surface area contributed by atoms with Crippen molar-refractivity contribution in [1.82, 2.24) is 45.3 Å². The summed E-state index contributed by atoms with van der Waals surface area (Å²) in [5.41, 5.74) is 4.19. The van der Waals surface area contributed by atoms with Gasteiger partial charge in [0.05, 0.1) is 77.0 Å².